The molecule has 0 saturated carbocycles. The third kappa shape index (κ3) is 5.24. The molecule has 0 unspecified atom stereocenters. The van der Waals surface area contributed by atoms with E-state index in [1.165, 1.54) is 0 Å². The first-order chi connectivity index (χ1) is 13.6. The van der Waals surface area contributed by atoms with Gasteiger partial charge in [0.25, 0.3) is 5.91 Å². The maximum atomic E-state index is 12.4. The Kier molecular flexibility index (Phi) is 6.90. The summed E-state index contributed by atoms with van der Waals surface area (Å²) in [4.78, 5) is 24.7. The molecule has 0 bridgehead atoms. The van der Waals surface area contributed by atoms with Crippen LogP contribution in [0.15, 0.2) is 42.5 Å². The van der Waals surface area contributed by atoms with Crippen LogP contribution < -0.4 is 15.4 Å². The van der Waals surface area contributed by atoms with E-state index in [1.807, 2.05) is 12.1 Å². The Morgan fingerprint density at radius 2 is 2.00 bits per heavy atom. The number of anilines is 1. The molecule has 2 aromatic rings. The maximum absolute atomic E-state index is 12.4. The molecule has 0 aliphatic carbocycles. The van der Waals surface area contributed by atoms with Gasteiger partial charge in [-0.3, -0.25) is 9.59 Å². The number of benzene rings is 2. The number of hydrogen-bond acceptors (Lipinski definition) is 4. The van der Waals surface area contributed by atoms with E-state index in [2.05, 4.69) is 10.6 Å². The Morgan fingerprint density at radius 3 is 2.75 bits per heavy atom. The minimum atomic E-state index is -0.253. The summed E-state index contributed by atoms with van der Waals surface area (Å²) in [7, 11) is 1.64. The number of carbonyl (C=O) groups is 2. The van der Waals surface area contributed by atoms with Crippen LogP contribution in [0.4, 0.5) is 5.69 Å². The Bertz CT molecular complexity index is 839. The first kappa shape index (κ1) is 20.2. The molecule has 28 heavy (non-hydrogen) atoms. The summed E-state index contributed by atoms with van der Waals surface area (Å²) in [5.74, 6) is 0.239. The number of rotatable bonds is 7. The van der Waals surface area contributed by atoms with Gasteiger partial charge in [-0.15, -0.1) is 0 Å². The second-order valence-corrected chi connectivity index (χ2v) is 7.07. The number of fused-ring (bicyclic) bond motifs is 1. The first-order valence-electron chi connectivity index (χ1n) is 9.16. The molecule has 7 heteroatoms. The molecule has 1 atom stereocenters. The molecule has 2 aromatic carbocycles. The summed E-state index contributed by atoms with van der Waals surface area (Å²) >= 11 is 5.86. The normalized spacial score (nSPS) is 15.3. The van der Waals surface area contributed by atoms with Crippen LogP contribution in [0, 0.1) is 5.92 Å². The van der Waals surface area contributed by atoms with Crippen molar-refractivity contribution < 1.29 is 19.1 Å². The van der Waals surface area contributed by atoms with Crippen LogP contribution in [0.1, 0.15) is 22.3 Å². The van der Waals surface area contributed by atoms with Crippen LogP contribution in [0.2, 0.25) is 5.02 Å². The van der Waals surface area contributed by atoms with Crippen molar-refractivity contribution >= 4 is 29.1 Å². The lowest BCUT2D eigenvalue weighted by molar-refractivity contribution is -0.126. The molecule has 1 aliphatic heterocycles. The van der Waals surface area contributed by atoms with Gasteiger partial charge in [-0.25, -0.2) is 0 Å². The Balaban J connectivity index is 1.62. The summed E-state index contributed by atoms with van der Waals surface area (Å²) in [5, 5.41) is 6.36. The van der Waals surface area contributed by atoms with Gasteiger partial charge in [0.15, 0.2) is 0 Å². The van der Waals surface area contributed by atoms with Crippen LogP contribution in [0.5, 0.6) is 5.75 Å². The second kappa shape index (κ2) is 9.57. The molecule has 0 radical (unpaired) electrons. The number of hydrogen-bond donors (Lipinski definition) is 2. The lowest BCUT2D eigenvalue weighted by Crippen LogP contribution is -2.38. The Labute approximate surface area is 169 Å². The third-order valence-corrected chi connectivity index (χ3v) is 4.78. The quantitative estimate of drug-likeness (QED) is 0.697. The highest BCUT2D eigenvalue weighted by atomic mass is 35.5. The molecule has 2 amide bonds. The number of carbonyl (C=O) groups excluding carboxylic acids is 2. The SMILES string of the molecule is COCCCNC(=O)[C@H]1COc2ccc(NC(=O)c3ccc(Cl)cc3)cc2C1. The van der Waals surface area contributed by atoms with E-state index < -0.39 is 0 Å². The van der Waals surface area contributed by atoms with Gasteiger partial charge in [0, 0.05) is 36.5 Å². The predicted molar refractivity (Wildman–Crippen MR) is 108 cm³/mol. The zero-order chi connectivity index (χ0) is 19.9. The molecular weight excluding hydrogens is 380 g/mol. The molecule has 0 saturated heterocycles. The molecule has 0 aromatic heterocycles. The van der Waals surface area contributed by atoms with Crippen LogP contribution in [0.3, 0.4) is 0 Å². The lowest BCUT2D eigenvalue weighted by Gasteiger charge is -2.25. The van der Waals surface area contributed by atoms with E-state index in [0.717, 1.165) is 17.7 Å². The first-order valence-corrected chi connectivity index (χ1v) is 9.54. The third-order valence-electron chi connectivity index (χ3n) is 4.53. The fraction of sp³-hybridized carbons (Fsp3) is 0.333. The fourth-order valence-corrected chi connectivity index (χ4v) is 3.14. The molecule has 3 rings (SSSR count). The van der Waals surface area contributed by atoms with Crippen molar-refractivity contribution in [3.8, 4) is 5.75 Å². The summed E-state index contributed by atoms with van der Waals surface area (Å²) in [6.45, 7) is 1.54. The van der Waals surface area contributed by atoms with Gasteiger partial charge < -0.3 is 20.1 Å². The van der Waals surface area contributed by atoms with Crippen molar-refractivity contribution in [2.45, 2.75) is 12.8 Å². The van der Waals surface area contributed by atoms with E-state index in [9.17, 15) is 9.59 Å². The van der Waals surface area contributed by atoms with Crippen LogP contribution >= 0.6 is 11.6 Å². The van der Waals surface area contributed by atoms with Crippen molar-refractivity contribution in [3.63, 3.8) is 0 Å². The molecule has 6 nitrogen and oxygen atoms in total. The highest BCUT2D eigenvalue weighted by molar-refractivity contribution is 6.30. The smallest absolute Gasteiger partial charge is 0.255 e. The topological polar surface area (TPSA) is 76.7 Å². The Hall–Kier alpha value is -2.57. The molecule has 0 fully saturated rings. The second-order valence-electron chi connectivity index (χ2n) is 6.63. The van der Waals surface area contributed by atoms with E-state index >= 15 is 0 Å². The number of ether oxygens (including phenoxy) is 2. The predicted octanol–water partition coefficient (Wildman–Crippen LogP) is 3.30. The monoisotopic (exact) mass is 402 g/mol. The van der Waals surface area contributed by atoms with Crippen molar-refractivity contribution in [1.29, 1.82) is 0 Å². The highest BCUT2D eigenvalue weighted by Crippen LogP contribution is 2.30. The van der Waals surface area contributed by atoms with Crippen molar-refractivity contribution in [3.05, 3.63) is 58.6 Å². The number of halogens is 1. The van der Waals surface area contributed by atoms with Gasteiger partial charge in [0.1, 0.15) is 12.4 Å². The number of methoxy groups -OCH3 is 1. The van der Waals surface area contributed by atoms with Crippen molar-refractivity contribution in [2.75, 3.05) is 32.2 Å². The maximum Gasteiger partial charge on any atom is 0.255 e. The molecule has 0 spiro atoms. The molecule has 2 N–H and O–H groups in total. The van der Waals surface area contributed by atoms with Gasteiger partial charge in [-0.2, -0.15) is 0 Å². The van der Waals surface area contributed by atoms with Gasteiger partial charge in [0.05, 0.1) is 5.92 Å². The average Bonchev–Trinajstić information content (AvgIpc) is 2.71. The zero-order valence-electron chi connectivity index (χ0n) is 15.7. The molecule has 1 heterocycles. The van der Waals surface area contributed by atoms with Gasteiger partial charge >= 0.3 is 0 Å². The number of amides is 2. The van der Waals surface area contributed by atoms with E-state index in [-0.39, 0.29) is 17.7 Å². The summed E-state index contributed by atoms with van der Waals surface area (Å²) in [5.41, 5.74) is 2.08. The summed E-state index contributed by atoms with van der Waals surface area (Å²) in [6.07, 6.45) is 1.34. The summed E-state index contributed by atoms with van der Waals surface area (Å²) in [6, 6.07) is 12.1. The van der Waals surface area contributed by atoms with Gasteiger partial charge in [-0.05, 0) is 60.9 Å². The lowest BCUT2D eigenvalue weighted by atomic mass is 9.95. The fourth-order valence-electron chi connectivity index (χ4n) is 3.02. The summed E-state index contributed by atoms with van der Waals surface area (Å²) < 4.78 is 10.7. The van der Waals surface area contributed by atoms with Crippen molar-refractivity contribution in [2.24, 2.45) is 5.92 Å². The van der Waals surface area contributed by atoms with E-state index in [1.54, 1.807) is 37.4 Å². The van der Waals surface area contributed by atoms with E-state index in [0.29, 0.717) is 42.5 Å². The minimum absolute atomic E-state index is 0.0302. The average molecular weight is 403 g/mol. The van der Waals surface area contributed by atoms with Crippen LogP contribution in [-0.2, 0) is 16.0 Å². The highest BCUT2D eigenvalue weighted by Gasteiger charge is 2.26. The molecular formula is C21H23ClN2O4. The zero-order valence-corrected chi connectivity index (χ0v) is 16.4. The van der Waals surface area contributed by atoms with Crippen LogP contribution in [0.25, 0.3) is 0 Å². The number of nitrogens with one attached hydrogen (secondary N) is 2. The van der Waals surface area contributed by atoms with Crippen molar-refractivity contribution in [1.82, 2.24) is 5.32 Å². The van der Waals surface area contributed by atoms with Gasteiger partial charge in [0.2, 0.25) is 5.91 Å². The van der Waals surface area contributed by atoms with Gasteiger partial charge in [-0.1, -0.05) is 11.6 Å². The van der Waals surface area contributed by atoms with E-state index in [4.69, 9.17) is 21.1 Å². The standard InChI is InChI=1S/C21H23ClN2O4/c1-27-10-2-9-23-20(25)16-11-15-12-18(7-8-19(15)28-13-16)24-21(26)14-3-5-17(22)6-4-14/h3-8,12,16H,2,9-11,13H2,1H3,(H,23,25)(H,24,26)/t16-/m1/s1. The Morgan fingerprint density at radius 1 is 1.21 bits per heavy atom. The molecule has 148 valence electrons. The molecule has 1 aliphatic rings. The minimum Gasteiger partial charge on any atom is -0.492 e. The largest absolute Gasteiger partial charge is 0.492 e. The van der Waals surface area contributed by atoms with Crippen LogP contribution in [-0.4, -0.2) is 38.7 Å².